The predicted octanol–water partition coefficient (Wildman–Crippen LogP) is 2.59. The molecule has 0 bridgehead atoms. The van der Waals surface area contributed by atoms with E-state index in [1.165, 1.54) is 0 Å². The molecule has 0 heterocycles. The van der Waals surface area contributed by atoms with Gasteiger partial charge in [0.25, 0.3) is 5.91 Å². The van der Waals surface area contributed by atoms with E-state index in [0.717, 1.165) is 19.3 Å². The molecule has 1 atom stereocenters. The topological polar surface area (TPSA) is 64.3 Å². The molecule has 0 saturated carbocycles. The van der Waals surface area contributed by atoms with Gasteiger partial charge >= 0.3 is 0 Å². The number of para-hydroxylation sites is 1. The minimum Gasteiger partial charge on any atom is -0.495 e. The molecule has 0 radical (unpaired) electrons. The van der Waals surface area contributed by atoms with Crippen molar-refractivity contribution in [3.8, 4) is 5.75 Å². The highest BCUT2D eigenvalue weighted by Gasteiger charge is 2.15. The third-order valence-electron chi connectivity index (χ3n) is 3.00. The molecule has 0 aliphatic carbocycles. The van der Waals surface area contributed by atoms with Gasteiger partial charge in [0.15, 0.2) is 0 Å². The Morgan fingerprint density at radius 1 is 1.44 bits per heavy atom. The van der Waals surface area contributed by atoms with Gasteiger partial charge in [-0.1, -0.05) is 26.3 Å². The first-order chi connectivity index (χ1) is 8.63. The summed E-state index contributed by atoms with van der Waals surface area (Å²) in [5.41, 5.74) is 6.77. The van der Waals surface area contributed by atoms with Crippen LogP contribution in [-0.2, 0) is 0 Å². The van der Waals surface area contributed by atoms with Crippen LogP contribution >= 0.6 is 0 Å². The summed E-state index contributed by atoms with van der Waals surface area (Å²) >= 11 is 0. The van der Waals surface area contributed by atoms with Gasteiger partial charge in [0.05, 0.1) is 18.4 Å². The highest BCUT2D eigenvalue weighted by molar-refractivity contribution is 6.00. The number of hydrogen-bond acceptors (Lipinski definition) is 3. The molecule has 4 nitrogen and oxygen atoms in total. The summed E-state index contributed by atoms with van der Waals surface area (Å²) in [6.45, 7) is 4.17. The number of nitrogens with two attached hydrogens (primary N) is 1. The molecule has 3 N–H and O–H groups in total. The van der Waals surface area contributed by atoms with Crippen LogP contribution in [0.15, 0.2) is 18.2 Å². The van der Waals surface area contributed by atoms with Crippen molar-refractivity contribution in [1.82, 2.24) is 5.32 Å². The molecule has 0 saturated heterocycles. The molecule has 0 spiro atoms. The Balaban J connectivity index is 2.84. The monoisotopic (exact) mass is 250 g/mol. The number of rotatable bonds is 6. The Labute approximate surface area is 109 Å². The van der Waals surface area contributed by atoms with E-state index >= 15 is 0 Å². The zero-order valence-electron chi connectivity index (χ0n) is 11.3. The summed E-state index contributed by atoms with van der Waals surface area (Å²) in [4.78, 5) is 12.1. The number of carbonyl (C=O) groups excluding carboxylic acids is 1. The number of benzene rings is 1. The average Bonchev–Trinajstić information content (AvgIpc) is 2.38. The molecular formula is C14H22N2O2. The van der Waals surface area contributed by atoms with Crippen LogP contribution in [0.1, 0.15) is 43.5 Å². The SMILES string of the molecule is CCCC(CC)NC(=O)c1cccc(OC)c1N. The second-order valence-electron chi connectivity index (χ2n) is 4.29. The molecule has 0 aliphatic heterocycles. The fraction of sp³-hybridized carbons (Fsp3) is 0.500. The number of amides is 1. The summed E-state index contributed by atoms with van der Waals surface area (Å²) < 4.78 is 5.11. The lowest BCUT2D eigenvalue weighted by Gasteiger charge is -2.17. The van der Waals surface area contributed by atoms with Gasteiger partial charge in [0.2, 0.25) is 0 Å². The zero-order chi connectivity index (χ0) is 13.5. The minimum atomic E-state index is -0.133. The molecule has 1 rings (SSSR count). The van der Waals surface area contributed by atoms with Crippen LogP contribution in [0.4, 0.5) is 5.69 Å². The zero-order valence-corrected chi connectivity index (χ0v) is 11.3. The standard InChI is InChI=1S/C14H22N2O2/c1-4-7-10(5-2)16-14(17)11-8-6-9-12(18-3)13(11)15/h6,8-10H,4-5,7,15H2,1-3H3,(H,16,17). The molecule has 1 unspecified atom stereocenters. The normalized spacial score (nSPS) is 11.9. The van der Waals surface area contributed by atoms with Crippen molar-refractivity contribution in [2.24, 2.45) is 0 Å². The van der Waals surface area contributed by atoms with Crippen LogP contribution in [0.5, 0.6) is 5.75 Å². The van der Waals surface area contributed by atoms with Crippen LogP contribution in [0.25, 0.3) is 0 Å². The fourth-order valence-electron chi connectivity index (χ4n) is 1.91. The van der Waals surface area contributed by atoms with Crippen LogP contribution in [0, 0.1) is 0 Å². The van der Waals surface area contributed by atoms with Crippen molar-refractivity contribution in [2.75, 3.05) is 12.8 Å². The van der Waals surface area contributed by atoms with Crippen molar-refractivity contribution in [3.63, 3.8) is 0 Å². The molecule has 1 amide bonds. The summed E-state index contributed by atoms with van der Waals surface area (Å²) in [6, 6.07) is 5.43. The van der Waals surface area contributed by atoms with E-state index in [-0.39, 0.29) is 11.9 Å². The van der Waals surface area contributed by atoms with Gasteiger partial charge in [-0.05, 0) is 25.0 Å². The van der Waals surface area contributed by atoms with Crippen molar-refractivity contribution >= 4 is 11.6 Å². The number of hydrogen-bond donors (Lipinski definition) is 2. The second kappa shape index (κ2) is 6.89. The van der Waals surface area contributed by atoms with E-state index in [9.17, 15) is 4.79 Å². The fourth-order valence-corrected chi connectivity index (χ4v) is 1.91. The third-order valence-corrected chi connectivity index (χ3v) is 3.00. The lowest BCUT2D eigenvalue weighted by Crippen LogP contribution is -2.34. The predicted molar refractivity (Wildman–Crippen MR) is 73.9 cm³/mol. The quantitative estimate of drug-likeness (QED) is 0.763. The van der Waals surface area contributed by atoms with E-state index < -0.39 is 0 Å². The summed E-state index contributed by atoms with van der Waals surface area (Å²) in [7, 11) is 1.54. The van der Waals surface area contributed by atoms with Crippen LogP contribution in [-0.4, -0.2) is 19.1 Å². The summed E-state index contributed by atoms with van der Waals surface area (Å²) in [6.07, 6.45) is 2.95. The van der Waals surface area contributed by atoms with Crippen molar-refractivity contribution in [1.29, 1.82) is 0 Å². The van der Waals surface area contributed by atoms with Crippen LogP contribution < -0.4 is 15.8 Å². The number of nitrogen functional groups attached to an aromatic ring is 1. The number of anilines is 1. The molecule has 4 heteroatoms. The highest BCUT2D eigenvalue weighted by Crippen LogP contribution is 2.24. The first-order valence-corrected chi connectivity index (χ1v) is 6.37. The molecule has 1 aromatic carbocycles. The third kappa shape index (κ3) is 3.39. The van der Waals surface area contributed by atoms with E-state index in [0.29, 0.717) is 17.0 Å². The number of carbonyl (C=O) groups is 1. The van der Waals surface area contributed by atoms with Crippen molar-refractivity contribution in [2.45, 2.75) is 39.2 Å². The maximum atomic E-state index is 12.1. The number of nitrogens with one attached hydrogen (secondary N) is 1. The van der Waals surface area contributed by atoms with Gasteiger partial charge in [0.1, 0.15) is 5.75 Å². The van der Waals surface area contributed by atoms with Gasteiger partial charge in [-0.3, -0.25) is 4.79 Å². The lowest BCUT2D eigenvalue weighted by atomic mass is 10.1. The molecule has 0 aliphatic rings. The molecule has 18 heavy (non-hydrogen) atoms. The number of methoxy groups -OCH3 is 1. The first-order valence-electron chi connectivity index (χ1n) is 6.37. The molecule has 0 fully saturated rings. The van der Waals surface area contributed by atoms with Crippen LogP contribution in [0.2, 0.25) is 0 Å². The van der Waals surface area contributed by atoms with Gasteiger partial charge in [0, 0.05) is 6.04 Å². The highest BCUT2D eigenvalue weighted by atomic mass is 16.5. The van der Waals surface area contributed by atoms with E-state index in [1.807, 2.05) is 0 Å². The van der Waals surface area contributed by atoms with E-state index in [4.69, 9.17) is 10.5 Å². The molecule has 1 aromatic rings. The van der Waals surface area contributed by atoms with Gasteiger partial charge in [-0.25, -0.2) is 0 Å². The summed E-state index contributed by atoms with van der Waals surface area (Å²) in [5.74, 6) is 0.401. The molecule has 0 aromatic heterocycles. The van der Waals surface area contributed by atoms with E-state index in [2.05, 4.69) is 19.2 Å². The Kier molecular flexibility index (Phi) is 5.49. The van der Waals surface area contributed by atoms with Crippen molar-refractivity contribution < 1.29 is 9.53 Å². The Morgan fingerprint density at radius 2 is 2.17 bits per heavy atom. The van der Waals surface area contributed by atoms with Gasteiger partial charge in [-0.2, -0.15) is 0 Å². The molecule has 100 valence electrons. The van der Waals surface area contributed by atoms with Gasteiger partial charge in [-0.15, -0.1) is 0 Å². The Bertz CT molecular complexity index is 405. The lowest BCUT2D eigenvalue weighted by molar-refractivity contribution is 0.0934. The smallest absolute Gasteiger partial charge is 0.253 e. The Hall–Kier alpha value is -1.71. The largest absolute Gasteiger partial charge is 0.495 e. The van der Waals surface area contributed by atoms with Crippen LogP contribution in [0.3, 0.4) is 0 Å². The molecular weight excluding hydrogens is 228 g/mol. The summed E-state index contributed by atoms with van der Waals surface area (Å²) in [5, 5.41) is 3.00. The average molecular weight is 250 g/mol. The maximum Gasteiger partial charge on any atom is 0.253 e. The van der Waals surface area contributed by atoms with Gasteiger partial charge < -0.3 is 15.8 Å². The van der Waals surface area contributed by atoms with E-state index in [1.54, 1.807) is 25.3 Å². The number of ether oxygens (including phenoxy) is 1. The maximum absolute atomic E-state index is 12.1. The van der Waals surface area contributed by atoms with Crippen molar-refractivity contribution in [3.05, 3.63) is 23.8 Å². The minimum absolute atomic E-state index is 0.133. The first kappa shape index (κ1) is 14.4. The Morgan fingerprint density at radius 3 is 2.72 bits per heavy atom. The second-order valence-corrected chi connectivity index (χ2v) is 4.29.